The van der Waals surface area contributed by atoms with Gasteiger partial charge in [-0.25, -0.2) is 0 Å². The van der Waals surface area contributed by atoms with Crippen molar-refractivity contribution in [3.8, 4) is 16.8 Å². The van der Waals surface area contributed by atoms with Gasteiger partial charge in [0.1, 0.15) is 11.2 Å². The van der Waals surface area contributed by atoms with Crippen LogP contribution in [0.2, 0.25) is 0 Å². The fourth-order valence-corrected chi connectivity index (χ4v) is 16.9. The van der Waals surface area contributed by atoms with Crippen molar-refractivity contribution in [3.63, 3.8) is 0 Å². The first-order valence-corrected chi connectivity index (χ1v) is 29.1. The molecule has 2 aliphatic heterocycles. The number of rotatable bonds is 1. The highest BCUT2D eigenvalue weighted by atomic mass is 32.1. The van der Waals surface area contributed by atoms with E-state index in [1.165, 1.54) is 154 Å². The monoisotopic (exact) mass is 1000 g/mol. The van der Waals surface area contributed by atoms with Gasteiger partial charge in [-0.1, -0.05) is 133 Å². The molecule has 4 aliphatic rings. The largest absolute Gasteiger partial charge is 0.466 e. The van der Waals surface area contributed by atoms with Crippen molar-refractivity contribution in [1.29, 1.82) is 0 Å². The van der Waals surface area contributed by atoms with Gasteiger partial charge in [-0.05, 0) is 169 Å². The Bertz CT molecular complexity index is 4340. The van der Waals surface area contributed by atoms with E-state index in [1.807, 2.05) is 22.7 Å². The molecule has 0 amide bonds. The molecule has 15 rings (SSSR count). The molecular weight excluding hydrogens is 936 g/mol. The third kappa shape index (κ3) is 5.91. The summed E-state index contributed by atoms with van der Waals surface area (Å²) in [6.45, 7) is 33.5. The van der Waals surface area contributed by atoms with Gasteiger partial charge in [-0.2, -0.15) is 0 Å². The van der Waals surface area contributed by atoms with E-state index in [4.69, 9.17) is 4.42 Å². The molecule has 6 heterocycles. The minimum atomic E-state index is -0.246. The van der Waals surface area contributed by atoms with E-state index in [0.29, 0.717) is 0 Å². The molecule has 0 N–H and O–H groups in total. The number of anilines is 2. The van der Waals surface area contributed by atoms with E-state index in [0.717, 1.165) is 17.7 Å². The van der Waals surface area contributed by atoms with Crippen molar-refractivity contribution in [2.75, 3.05) is 4.81 Å². The van der Waals surface area contributed by atoms with Gasteiger partial charge in [0.05, 0.1) is 16.7 Å². The van der Waals surface area contributed by atoms with E-state index >= 15 is 0 Å². The quantitative estimate of drug-likeness (QED) is 0.153. The van der Waals surface area contributed by atoms with Crippen molar-refractivity contribution in [2.45, 2.75) is 155 Å². The lowest BCUT2D eigenvalue weighted by molar-refractivity contribution is 0.332. The SMILES string of the molecule is CC(C)(C)c1ccc(N2B3c4oc5ccc(C(C)(C)C)cc5c4-n4c5cc6c(cc5c5c7sc8ccccc8c7c(c3c54)-c3cc4c(cc32)sc2cc3c(cc24)C(C)(C)CCC3(C)C)C(C)(C)CCC6(C)C)cc1. The third-order valence-corrected chi connectivity index (χ3v) is 21.5. The number of fused-ring (bicyclic) bond motifs is 20. The molecule has 0 fully saturated rings. The van der Waals surface area contributed by atoms with Gasteiger partial charge in [-0.15, -0.1) is 22.7 Å². The highest BCUT2D eigenvalue weighted by Gasteiger charge is 2.50. The average molecular weight is 1000 g/mol. The van der Waals surface area contributed by atoms with Crippen LogP contribution in [0, 0.1) is 0 Å². The smallest absolute Gasteiger partial charge is 0.376 e. The first-order valence-electron chi connectivity index (χ1n) is 27.4. The molecule has 74 heavy (non-hydrogen) atoms. The summed E-state index contributed by atoms with van der Waals surface area (Å²) < 4.78 is 15.8. The molecule has 0 atom stereocenters. The van der Waals surface area contributed by atoms with Crippen LogP contribution in [-0.2, 0) is 32.5 Å². The first-order chi connectivity index (χ1) is 34.9. The maximum absolute atomic E-state index is 7.64. The minimum Gasteiger partial charge on any atom is -0.466 e. The van der Waals surface area contributed by atoms with Gasteiger partial charge in [0.15, 0.2) is 0 Å². The number of thiophene rings is 2. The molecule has 0 spiro atoms. The summed E-state index contributed by atoms with van der Waals surface area (Å²) in [5.74, 6) is 0. The summed E-state index contributed by atoms with van der Waals surface area (Å²) in [5.41, 5.74) is 21.2. The van der Waals surface area contributed by atoms with Gasteiger partial charge in [0, 0.05) is 73.4 Å². The second-order valence-corrected chi connectivity index (χ2v) is 29.9. The topological polar surface area (TPSA) is 21.3 Å². The second-order valence-electron chi connectivity index (χ2n) is 27.8. The average Bonchev–Trinajstić information content (AvgIpc) is 4.13. The maximum atomic E-state index is 7.64. The van der Waals surface area contributed by atoms with Gasteiger partial charge in [-0.3, -0.25) is 0 Å². The number of furan rings is 1. The van der Waals surface area contributed by atoms with Crippen molar-refractivity contribution in [1.82, 2.24) is 4.57 Å². The zero-order chi connectivity index (χ0) is 51.3. The van der Waals surface area contributed by atoms with Crippen molar-refractivity contribution in [2.24, 2.45) is 0 Å². The summed E-state index contributed by atoms with van der Waals surface area (Å²) in [6.07, 6.45) is 4.73. The van der Waals surface area contributed by atoms with Crippen LogP contribution in [0.5, 0.6) is 0 Å². The minimum absolute atomic E-state index is 0.0129. The Hall–Kier alpha value is -5.82. The Morgan fingerprint density at radius 1 is 0.527 bits per heavy atom. The second kappa shape index (κ2) is 14.2. The summed E-state index contributed by atoms with van der Waals surface area (Å²) in [6, 6.07) is 41.6. The van der Waals surface area contributed by atoms with E-state index in [9.17, 15) is 0 Å². The molecule has 7 aromatic carbocycles. The van der Waals surface area contributed by atoms with Crippen molar-refractivity contribution >= 4 is 125 Å². The normalized spacial score (nSPS) is 18.3. The van der Waals surface area contributed by atoms with Crippen molar-refractivity contribution < 1.29 is 4.42 Å². The van der Waals surface area contributed by atoms with E-state index in [-0.39, 0.29) is 39.3 Å². The standard InChI is InChI=1S/C68H67BN2OS2/c1-63(2,3)36-19-22-38(23-20-36)71-50-35-54-40(41-31-45-48(34-53(41)73-54)68(13,14)28-26-65(45,7)8)30-42(50)55-56-39-17-15-16-18-52(39)74-61(56)57-43-32-46-47(67(11,12)27-25-66(46,9)10)33-49(43)70-59-44-29-37(64(4,5)6)21-24-51(44)72-62(59)69(71)58(55)60(57)70/h15-24,29-35H,25-28H2,1-14H3. The van der Waals surface area contributed by atoms with Crippen molar-refractivity contribution in [3.05, 3.63) is 137 Å². The molecule has 0 radical (unpaired) electrons. The molecule has 11 aromatic rings. The lowest BCUT2D eigenvalue weighted by atomic mass is 9.46. The van der Waals surface area contributed by atoms with Gasteiger partial charge in [0.2, 0.25) is 0 Å². The predicted molar refractivity (Wildman–Crippen MR) is 323 cm³/mol. The van der Waals surface area contributed by atoms with Crippen LogP contribution in [0.4, 0.5) is 11.4 Å². The van der Waals surface area contributed by atoms with Crippen LogP contribution in [0.1, 0.15) is 156 Å². The van der Waals surface area contributed by atoms with E-state index < -0.39 is 0 Å². The highest BCUT2D eigenvalue weighted by Crippen LogP contribution is 2.57. The van der Waals surface area contributed by atoms with Crippen LogP contribution < -0.4 is 15.9 Å². The number of hydrogen-bond acceptors (Lipinski definition) is 4. The van der Waals surface area contributed by atoms with Gasteiger partial charge >= 0.3 is 6.85 Å². The molecule has 370 valence electrons. The zero-order valence-electron chi connectivity index (χ0n) is 45.8. The number of nitrogens with zero attached hydrogens (tertiary/aromatic N) is 2. The molecular formula is C68H67BN2OS2. The van der Waals surface area contributed by atoms with Gasteiger partial charge in [0.25, 0.3) is 0 Å². The Balaban J connectivity index is 1.17. The molecule has 3 nitrogen and oxygen atoms in total. The van der Waals surface area contributed by atoms with E-state index in [2.05, 4.69) is 209 Å². The predicted octanol–water partition coefficient (Wildman–Crippen LogP) is 18.8. The molecule has 0 saturated carbocycles. The summed E-state index contributed by atoms with van der Waals surface area (Å²) in [5, 5.41) is 9.41. The zero-order valence-corrected chi connectivity index (χ0v) is 47.5. The highest BCUT2D eigenvalue weighted by molar-refractivity contribution is 7.27. The first kappa shape index (κ1) is 45.6. The lowest BCUT2D eigenvalue weighted by Crippen LogP contribution is -2.60. The molecule has 0 bridgehead atoms. The van der Waals surface area contributed by atoms with Crippen LogP contribution in [0.15, 0.2) is 108 Å². The Kier molecular flexibility index (Phi) is 8.72. The maximum Gasteiger partial charge on any atom is 0.376 e. The Labute approximate surface area is 444 Å². The Morgan fingerprint density at radius 3 is 1.77 bits per heavy atom. The number of benzene rings is 7. The van der Waals surface area contributed by atoms with E-state index in [1.54, 1.807) is 0 Å². The summed E-state index contributed by atoms with van der Waals surface area (Å²) >= 11 is 3.98. The summed E-state index contributed by atoms with van der Waals surface area (Å²) in [4.78, 5) is 2.70. The van der Waals surface area contributed by atoms with Crippen LogP contribution >= 0.6 is 22.7 Å². The fourth-order valence-electron chi connectivity index (χ4n) is 14.5. The van der Waals surface area contributed by atoms with Gasteiger partial charge < -0.3 is 13.8 Å². The number of hydrogen-bond donors (Lipinski definition) is 0. The third-order valence-electron chi connectivity index (χ3n) is 19.2. The molecule has 2 aliphatic carbocycles. The van der Waals surface area contributed by atoms with Crippen LogP contribution in [0.3, 0.4) is 0 Å². The fraction of sp³-hybridized carbons (Fsp3) is 0.353. The molecule has 0 unspecified atom stereocenters. The molecule has 6 heteroatoms. The van der Waals surface area contributed by atoms with Crippen LogP contribution in [-0.4, -0.2) is 11.4 Å². The lowest BCUT2D eigenvalue weighted by Gasteiger charge is -2.42. The number of aromatic nitrogens is 1. The summed E-state index contributed by atoms with van der Waals surface area (Å²) in [7, 11) is 0. The van der Waals surface area contributed by atoms with Crippen LogP contribution in [0.25, 0.3) is 89.9 Å². The Morgan fingerprint density at radius 2 is 1.11 bits per heavy atom. The molecule has 4 aromatic heterocycles. The molecule has 0 saturated heterocycles.